The number of methoxy groups -OCH3 is 1. The van der Waals surface area contributed by atoms with Crippen molar-refractivity contribution in [3.63, 3.8) is 0 Å². The lowest BCUT2D eigenvalue weighted by Crippen LogP contribution is -2.31. The molecule has 0 saturated carbocycles. The Morgan fingerprint density at radius 1 is 1.20 bits per heavy atom. The zero-order valence-corrected chi connectivity index (χ0v) is 14.8. The van der Waals surface area contributed by atoms with Crippen LogP contribution in [0.5, 0.6) is 5.75 Å². The molecule has 2 atom stereocenters. The predicted molar refractivity (Wildman–Crippen MR) is 97.8 cm³/mol. The average Bonchev–Trinajstić information content (AvgIpc) is 3.02. The van der Waals surface area contributed by atoms with Crippen LogP contribution in [0.2, 0.25) is 0 Å². The molecule has 1 aliphatic carbocycles. The molecule has 0 bridgehead atoms. The zero-order chi connectivity index (χ0) is 17.6. The maximum Gasteiger partial charge on any atom is 0.240 e. The Hall–Kier alpha value is -2.62. The van der Waals surface area contributed by atoms with E-state index in [0.717, 1.165) is 29.9 Å². The first-order chi connectivity index (χ1) is 12.1. The molecule has 1 aliphatic heterocycles. The number of hydrogen-bond acceptors (Lipinski definition) is 3. The number of fused-ring (bicyclic) bond motifs is 3. The van der Waals surface area contributed by atoms with Crippen molar-refractivity contribution in [1.82, 2.24) is 5.01 Å². The molecule has 0 unspecified atom stereocenters. The number of ether oxygens (including phenoxy) is 1. The SMILES string of the molecule is COc1ccc([C@H]2[C@H]3CCc4ccc(C)cc4C3=NN2C(C)=O)cc1. The van der Waals surface area contributed by atoms with Crippen molar-refractivity contribution in [3.05, 3.63) is 64.7 Å². The van der Waals surface area contributed by atoms with Crippen molar-refractivity contribution < 1.29 is 9.53 Å². The topological polar surface area (TPSA) is 41.9 Å². The van der Waals surface area contributed by atoms with E-state index in [1.165, 1.54) is 16.7 Å². The summed E-state index contributed by atoms with van der Waals surface area (Å²) < 4.78 is 5.26. The minimum atomic E-state index is -0.0351. The molecule has 4 rings (SSSR count). The van der Waals surface area contributed by atoms with E-state index in [-0.39, 0.29) is 17.9 Å². The van der Waals surface area contributed by atoms with Crippen LogP contribution in [0.15, 0.2) is 47.6 Å². The molecule has 1 heterocycles. The van der Waals surface area contributed by atoms with Gasteiger partial charge in [0, 0.05) is 18.4 Å². The number of hydrogen-bond donors (Lipinski definition) is 0. The van der Waals surface area contributed by atoms with Crippen LogP contribution in [-0.2, 0) is 11.2 Å². The normalized spacial score (nSPS) is 21.4. The third-order valence-electron chi connectivity index (χ3n) is 5.26. The van der Waals surface area contributed by atoms with Crippen LogP contribution in [-0.4, -0.2) is 23.7 Å². The average molecular weight is 334 g/mol. The molecule has 1 amide bonds. The first-order valence-electron chi connectivity index (χ1n) is 8.70. The number of rotatable bonds is 2. The van der Waals surface area contributed by atoms with Crippen molar-refractivity contribution in [1.29, 1.82) is 0 Å². The van der Waals surface area contributed by atoms with Crippen molar-refractivity contribution in [2.75, 3.05) is 7.11 Å². The second kappa shape index (κ2) is 6.03. The quantitative estimate of drug-likeness (QED) is 0.836. The number of carbonyl (C=O) groups is 1. The Labute approximate surface area is 148 Å². The summed E-state index contributed by atoms with van der Waals surface area (Å²) in [4.78, 5) is 12.3. The third-order valence-corrected chi connectivity index (χ3v) is 5.26. The molecule has 25 heavy (non-hydrogen) atoms. The third kappa shape index (κ3) is 2.62. The molecular weight excluding hydrogens is 312 g/mol. The van der Waals surface area contributed by atoms with E-state index in [4.69, 9.17) is 9.84 Å². The number of carbonyl (C=O) groups excluding carboxylic acids is 1. The first kappa shape index (κ1) is 15.9. The molecule has 0 N–H and O–H groups in total. The van der Waals surface area contributed by atoms with Crippen molar-refractivity contribution in [3.8, 4) is 5.75 Å². The van der Waals surface area contributed by atoms with E-state index in [2.05, 4.69) is 25.1 Å². The highest BCUT2D eigenvalue weighted by atomic mass is 16.5. The van der Waals surface area contributed by atoms with Gasteiger partial charge in [0.2, 0.25) is 5.91 Å². The van der Waals surface area contributed by atoms with Gasteiger partial charge in [-0.05, 0) is 49.1 Å². The maximum atomic E-state index is 12.3. The fourth-order valence-electron chi connectivity index (χ4n) is 4.02. The van der Waals surface area contributed by atoms with Crippen LogP contribution in [0, 0.1) is 12.8 Å². The monoisotopic (exact) mass is 334 g/mol. The smallest absolute Gasteiger partial charge is 0.240 e. The predicted octanol–water partition coefficient (Wildman–Crippen LogP) is 3.87. The maximum absolute atomic E-state index is 12.3. The molecule has 2 aromatic carbocycles. The minimum absolute atomic E-state index is 0.0167. The second-order valence-electron chi connectivity index (χ2n) is 6.87. The number of benzene rings is 2. The molecule has 2 aliphatic rings. The molecule has 0 fully saturated rings. The molecule has 0 saturated heterocycles. The largest absolute Gasteiger partial charge is 0.497 e. The number of aryl methyl sites for hydroxylation is 2. The molecule has 0 spiro atoms. The first-order valence-corrected chi connectivity index (χ1v) is 8.70. The van der Waals surface area contributed by atoms with Crippen molar-refractivity contribution in [2.45, 2.75) is 32.7 Å². The van der Waals surface area contributed by atoms with Gasteiger partial charge in [-0.1, -0.05) is 29.8 Å². The summed E-state index contributed by atoms with van der Waals surface area (Å²) in [7, 11) is 1.66. The van der Waals surface area contributed by atoms with E-state index >= 15 is 0 Å². The Morgan fingerprint density at radius 3 is 2.64 bits per heavy atom. The summed E-state index contributed by atoms with van der Waals surface area (Å²) in [5.41, 5.74) is 5.93. The van der Waals surface area contributed by atoms with Gasteiger partial charge in [0.25, 0.3) is 0 Å². The van der Waals surface area contributed by atoms with Crippen LogP contribution in [0.3, 0.4) is 0 Å². The van der Waals surface area contributed by atoms with Gasteiger partial charge < -0.3 is 4.74 Å². The fourth-order valence-corrected chi connectivity index (χ4v) is 4.02. The van der Waals surface area contributed by atoms with Gasteiger partial charge in [0.15, 0.2) is 0 Å². The number of nitrogens with zero attached hydrogens (tertiary/aromatic N) is 2. The van der Waals surface area contributed by atoms with Crippen LogP contribution < -0.4 is 4.74 Å². The molecular formula is C21H22N2O2. The Balaban J connectivity index is 1.78. The van der Waals surface area contributed by atoms with E-state index in [1.54, 1.807) is 19.0 Å². The highest BCUT2D eigenvalue weighted by Crippen LogP contribution is 2.43. The molecule has 2 aromatic rings. The standard InChI is InChI=1S/C21H22N2O2/c1-13-4-5-15-8-11-18-20(19(15)12-13)22-23(14(2)24)21(18)16-6-9-17(25-3)10-7-16/h4-7,9-10,12,18,21H,8,11H2,1-3H3/t18-,21-/m0/s1. The fraction of sp³-hybridized carbons (Fsp3) is 0.333. The van der Waals surface area contributed by atoms with Gasteiger partial charge in [-0.15, -0.1) is 0 Å². The van der Waals surface area contributed by atoms with Gasteiger partial charge in [-0.2, -0.15) is 5.10 Å². The summed E-state index contributed by atoms with van der Waals surface area (Å²) in [6, 6.07) is 14.5. The number of hydrazone groups is 1. The van der Waals surface area contributed by atoms with Crippen LogP contribution in [0.25, 0.3) is 0 Å². The summed E-state index contributed by atoms with van der Waals surface area (Å²) in [6.45, 7) is 3.69. The van der Waals surface area contributed by atoms with Crippen LogP contribution >= 0.6 is 0 Å². The molecule has 0 aromatic heterocycles. The summed E-state index contributed by atoms with van der Waals surface area (Å²) >= 11 is 0. The molecule has 128 valence electrons. The lowest BCUT2D eigenvalue weighted by molar-refractivity contribution is -0.131. The van der Waals surface area contributed by atoms with E-state index in [0.29, 0.717) is 0 Å². The Morgan fingerprint density at radius 2 is 1.96 bits per heavy atom. The van der Waals surface area contributed by atoms with Crippen LogP contribution in [0.1, 0.15) is 41.6 Å². The Kier molecular flexibility index (Phi) is 3.83. The highest BCUT2D eigenvalue weighted by Gasteiger charge is 2.42. The summed E-state index contributed by atoms with van der Waals surface area (Å²) in [5, 5.41) is 6.43. The second-order valence-corrected chi connectivity index (χ2v) is 6.87. The summed E-state index contributed by atoms with van der Waals surface area (Å²) in [6.07, 6.45) is 2.03. The molecule has 4 nitrogen and oxygen atoms in total. The van der Waals surface area contributed by atoms with Gasteiger partial charge in [0.1, 0.15) is 5.75 Å². The molecule has 4 heteroatoms. The minimum Gasteiger partial charge on any atom is -0.497 e. The van der Waals surface area contributed by atoms with Gasteiger partial charge >= 0.3 is 0 Å². The lowest BCUT2D eigenvalue weighted by atomic mass is 9.77. The highest BCUT2D eigenvalue weighted by molar-refractivity contribution is 6.06. The van der Waals surface area contributed by atoms with Crippen molar-refractivity contribution in [2.24, 2.45) is 11.0 Å². The Bertz CT molecular complexity index is 855. The van der Waals surface area contributed by atoms with E-state index < -0.39 is 0 Å². The van der Waals surface area contributed by atoms with E-state index in [1.807, 2.05) is 24.3 Å². The molecule has 0 radical (unpaired) electrons. The van der Waals surface area contributed by atoms with Gasteiger partial charge in [-0.25, -0.2) is 5.01 Å². The number of amides is 1. The summed E-state index contributed by atoms with van der Waals surface area (Å²) in [5.74, 6) is 1.05. The van der Waals surface area contributed by atoms with Crippen molar-refractivity contribution >= 4 is 11.6 Å². The zero-order valence-electron chi connectivity index (χ0n) is 14.8. The van der Waals surface area contributed by atoms with Crippen LogP contribution in [0.4, 0.5) is 0 Å². The lowest BCUT2D eigenvalue weighted by Gasteiger charge is -2.29. The van der Waals surface area contributed by atoms with Gasteiger partial charge in [0.05, 0.1) is 18.9 Å². The van der Waals surface area contributed by atoms with E-state index in [9.17, 15) is 4.79 Å². The van der Waals surface area contributed by atoms with Gasteiger partial charge in [-0.3, -0.25) is 4.79 Å².